The van der Waals surface area contributed by atoms with Crippen LogP contribution in [0.4, 0.5) is 0 Å². The number of hydrogen-bond acceptors (Lipinski definition) is 5. The van der Waals surface area contributed by atoms with Crippen LogP contribution in [0.25, 0.3) is 11.0 Å². The zero-order valence-corrected chi connectivity index (χ0v) is 14.0. The summed E-state index contributed by atoms with van der Waals surface area (Å²) in [6.07, 6.45) is 2.44. The summed E-state index contributed by atoms with van der Waals surface area (Å²) in [5, 5.41) is 3.78. The normalized spacial score (nSPS) is 16.2. The van der Waals surface area contributed by atoms with Gasteiger partial charge in [0.15, 0.2) is 11.5 Å². The van der Waals surface area contributed by atoms with E-state index < -0.39 is 0 Å². The summed E-state index contributed by atoms with van der Waals surface area (Å²) in [5.74, 6) is 1.68. The number of hydrogen-bond donors (Lipinski definition) is 2. The Bertz CT molecular complexity index is 951. The zero-order chi connectivity index (χ0) is 17.4. The van der Waals surface area contributed by atoms with Crippen LogP contribution < -0.4 is 14.8 Å². The average molecular weight is 338 g/mol. The fourth-order valence-electron chi connectivity index (χ4n) is 3.16. The maximum absolute atomic E-state index is 12.9. The van der Waals surface area contributed by atoms with E-state index in [9.17, 15) is 4.79 Å². The number of fused-ring (bicyclic) bond motifs is 2. The van der Waals surface area contributed by atoms with Crippen molar-refractivity contribution in [3.05, 3.63) is 47.5 Å². The van der Waals surface area contributed by atoms with E-state index in [4.69, 9.17) is 9.47 Å². The number of nitrogens with one attached hydrogen (secondary N) is 2. The highest BCUT2D eigenvalue weighted by atomic mass is 16.5. The smallest absolute Gasteiger partial charge is 0.271 e. The van der Waals surface area contributed by atoms with Crippen molar-refractivity contribution in [3.63, 3.8) is 0 Å². The van der Waals surface area contributed by atoms with E-state index in [2.05, 4.69) is 20.3 Å². The predicted molar refractivity (Wildman–Crippen MR) is 91.9 cm³/mol. The molecule has 0 aliphatic carbocycles. The van der Waals surface area contributed by atoms with Gasteiger partial charge in [-0.3, -0.25) is 4.79 Å². The molecule has 7 heteroatoms. The summed E-state index contributed by atoms with van der Waals surface area (Å²) in [4.78, 5) is 24.5. The van der Waals surface area contributed by atoms with Crippen molar-refractivity contribution in [3.8, 4) is 11.5 Å². The molecular formula is C18H18N4O3. The van der Waals surface area contributed by atoms with Crippen LogP contribution in [0.1, 0.15) is 34.3 Å². The van der Waals surface area contributed by atoms with Gasteiger partial charge in [0.25, 0.3) is 5.91 Å². The molecular weight excluding hydrogens is 320 g/mol. The molecule has 1 aliphatic heterocycles. The van der Waals surface area contributed by atoms with Gasteiger partial charge in [-0.15, -0.1) is 0 Å². The van der Waals surface area contributed by atoms with Crippen molar-refractivity contribution in [1.82, 2.24) is 20.3 Å². The average Bonchev–Trinajstić information content (AvgIpc) is 3.09. The Morgan fingerprint density at radius 2 is 2.24 bits per heavy atom. The lowest BCUT2D eigenvalue weighted by Crippen LogP contribution is -2.33. The molecule has 0 fully saturated rings. The third-order valence-corrected chi connectivity index (χ3v) is 4.31. The molecule has 2 aromatic heterocycles. The number of benzene rings is 1. The maximum Gasteiger partial charge on any atom is 0.271 e. The molecule has 7 nitrogen and oxygen atoms in total. The van der Waals surface area contributed by atoms with E-state index in [1.807, 2.05) is 24.3 Å². The number of aromatic nitrogens is 3. The van der Waals surface area contributed by atoms with Crippen molar-refractivity contribution < 1.29 is 14.3 Å². The molecule has 0 bridgehead atoms. The van der Waals surface area contributed by atoms with Gasteiger partial charge >= 0.3 is 0 Å². The molecule has 1 aromatic carbocycles. The summed E-state index contributed by atoms with van der Waals surface area (Å²) in [6.45, 7) is 2.28. The first-order valence-electron chi connectivity index (χ1n) is 8.09. The minimum absolute atomic E-state index is 0.157. The highest BCUT2D eigenvalue weighted by molar-refractivity contribution is 6.03. The lowest BCUT2D eigenvalue weighted by Gasteiger charge is -2.27. The quantitative estimate of drug-likeness (QED) is 0.766. The van der Waals surface area contributed by atoms with Gasteiger partial charge in [0.2, 0.25) is 0 Å². The van der Waals surface area contributed by atoms with Crippen LogP contribution in [-0.2, 0) is 0 Å². The molecule has 128 valence electrons. The first-order valence-corrected chi connectivity index (χ1v) is 8.09. The van der Waals surface area contributed by atoms with Crippen LogP contribution in [0.3, 0.4) is 0 Å². The van der Waals surface area contributed by atoms with Crippen molar-refractivity contribution >= 4 is 16.9 Å². The lowest BCUT2D eigenvalue weighted by atomic mass is 9.99. The van der Waals surface area contributed by atoms with Gasteiger partial charge in [0.05, 0.1) is 25.1 Å². The molecule has 1 atom stereocenters. The Labute approximate surface area is 144 Å². The van der Waals surface area contributed by atoms with Crippen LogP contribution in [0.2, 0.25) is 0 Å². The van der Waals surface area contributed by atoms with Crippen LogP contribution in [0.5, 0.6) is 11.5 Å². The first-order chi connectivity index (χ1) is 12.2. The van der Waals surface area contributed by atoms with Crippen LogP contribution in [-0.4, -0.2) is 34.6 Å². The molecule has 3 heterocycles. The van der Waals surface area contributed by atoms with E-state index in [1.165, 1.54) is 0 Å². The molecule has 0 spiro atoms. The molecule has 4 rings (SSSR count). The van der Waals surface area contributed by atoms with E-state index in [0.717, 1.165) is 5.56 Å². The number of carbonyl (C=O) groups is 1. The Morgan fingerprint density at radius 1 is 1.36 bits per heavy atom. The van der Waals surface area contributed by atoms with Crippen LogP contribution in [0, 0.1) is 6.92 Å². The van der Waals surface area contributed by atoms with Crippen LogP contribution in [0.15, 0.2) is 30.5 Å². The van der Waals surface area contributed by atoms with E-state index in [0.29, 0.717) is 47.1 Å². The molecule has 0 saturated heterocycles. The monoisotopic (exact) mass is 338 g/mol. The summed E-state index contributed by atoms with van der Waals surface area (Å²) in [7, 11) is 1.60. The number of carbonyl (C=O) groups excluding carboxylic acids is 1. The number of methoxy groups -OCH3 is 1. The largest absolute Gasteiger partial charge is 0.493 e. The minimum atomic E-state index is -0.226. The summed E-state index contributed by atoms with van der Waals surface area (Å²) in [5.41, 5.74) is 1.95. The van der Waals surface area contributed by atoms with Gasteiger partial charge in [-0.1, -0.05) is 12.1 Å². The van der Waals surface area contributed by atoms with Gasteiger partial charge in [0, 0.05) is 18.2 Å². The first kappa shape index (κ1) is 15.4. The molecule has 3 aromatic rings. The highest BCUT2D eigenvalue weighted by Gasteiger charge is 2.27. The van der Waals surface area contributed by atoms with Gasteiger partial charge in [0.1, 0.15) is 17.2 Å². The summed E-state index contributed by atoms with van der Waals surface area (Å²) in [6, 6.07) is 7.34. The van der Waals surface area contributed by atoms with Gasteiger partial charge in [-0.05, 0) is 19.1 Å². The summed E-state index contributed by atoms with van der Waals surface area (Å²) >= 11 is 0. The number of para-hydroxylation sites is 1. The number of amides is 1. The van der Waals surface area contributed by atoms with Crippen molar-refractivity contribution in [2.75, 3.05) is 13.7 Å². The summed E-state index contributed by atoms with van der Waals surface area (Å²) < 4.78 is 11.1. The van der Waals surface area contributed by atoms with E-state index >= 15 is 0 Å². The fourth-order valence-corrected chi connectivity index (χ4v) is 3.16. The van der Waals surface area contributed by atoms with E-state index in [1.54, 1.807) is 20.2 Å². The molecule has 1 amide bonds. The van der Waals surface area contributed by atoms with Crippen LogP contribution >= 0.6 is 0 Å². The van der Waals surface area contributed by atoms with Crippen molar-refractivity contribution in [2.24, 2.45) is 0 Å². The predicted octanol–water partition coefficient (Wildman–Crippen LogP) is 2.53. The van der Waals surface area contributed by atoms with Crippen molar-refractivity contribution in [1.29, 1.82) is 0 Å². The zero-order valence-electron chi connectivity index (χ0n) is 14.0. The number of rotatable bonds is 3. The van der Waals surface area contributed by atoms with Gasteiger partial charge in [-0.25, -0.2) is 9.97 Å². The topological polar surface area (TPSA) is 89.1 Å². The SMILES string of the molecule is COc1cccc2c1OCCC2NC(=O)c1nc(C)nc2[nH]ccc12. The Morgan fingerprint density at radius 3 is 3.08 bits per heavy atom. The van der Waals surface area contributed by atoms with Crippen molar-refractivity contribution in [2.45, 2.75) is 19.4 Å². The number of aromatic amines is 1. The number of aryl methyl sites for hydroxylation is 1. The Hall–Kier alpha value is -3.09. The molecule has 25 heavy (non-hydrogen) atoms. The standard InChI is InChI=1S/C18H18N4O3/c1-10-20-15(12-6-8-19-17(12)21-10)18(23)22-13-7-9-25-16-11(13)4-3-5-14(16)24-2/h3-6,8,13H,7,9H2,1-2H3,(H,22,23)(H,19,20,21). The Kier molecular flexibility index (Phi) is 3.76. The Balaban J connectivity index is 1.67. The molecule has 0 radical (unpaired) electrons. The van der Waals surface area contributed by atoms with E-state index in [-0.39, 0.29) is 11.9 Å². The second kappa shape index (κ2) is 6.08. The second-order valence-electron chi connectivity index (χ2n) is 5.90. The number of ether oxygens (including phenoxy) is 2. The third-order valence-electron chi connectivity index (χ3n) is 4.31. The third kappa shape index (κ3) is 2.67. The molecule has 0 saturated carbocycles. The fraction of sp³-hybridized carbons (Fsp3) is 0.278. The highest BCUT2D eigenvalue weighted by Crippen LogP contribution is 2.39. The number of H-pyrrole nitrogens is 1. The lowest BCUT2D eigenvalue weighted by molar-refractivity contribution is 0.0920. The molecule has 1 aliphatic rings. The molecule has 2 N–H and O–H groups in total. The molecule has 1 unspecified atom stereocenters. The minimum Gasteiger partial charge on any atom is -0.493 e. The maximum atomic E-state index is 12.9. The van der Waals surface area contributed by atoms with Gasteiger partial charge < -0.3 is 19.8 Å². The number of nitrogens with zero attached hydrogens (tertiary/aromatic N) is 2. The van der Waals surface area contributed by atoms with Gasteiger partial charge in [-0.2, -0.15) is 0 Å². The second-order valence-corrected chi connectivity index (χ2v) is 5.90.